The van der Waals surface area contributed by atoms with Crippen molar-refractivity contribution < 1.29 is 38.1 Å². The summed E-state index contributed by atoms with van der Waals surface area (Å²) in [6.45, 7) is 9.31. The number of amides is 1. The Morgan fingerprint density at radius 1 is 1.13 bits per heavy atom. The van der Waals surface area contributed by atoms with E-state index in [9.17, 15) is 19.5 Å². The lowest BCUT2D eigenvalue weighted by molar-refractivity contribution is -0.153. The van der Waals surface area contributed by atoms with Gasteiger partial charge in [0.25, 0.3) is 0 Å². The average molecular weight is 539 g/mol. The zero-order chi connectivity index (χ0) is 28.8. The molecule has 1 amide bonds. The molecule has 1 rings (SSSR count). The van der Waals surface area contributed by atoms with Gasteiger partial charge in [0, 0.05) is 51.1 Å². The maximum atomic E-state index is 12.7. The standard InChI is InChI=1S/C28H46N2O8/c1-8-26(32)37-24(18(2)3)16-25(35-7)21(29)11-12-22(38-28(34)23-10-9-15-36-23)20(5)27(33)19(4)13-14-30(6)17-31/h9-10,13-15,17-22,24-25,27,33H,8,11-12,16,29H2,1-7H3/b14-13+/t19-,20+,21+,22-,24+,25+,27-/m1/s1. The number of carbonyl (C=O) groups is 3. The SMILES string of the molecule is CCC(=O)O[C@@H](C[C@H](OC)[C@@H](N)CC[C@@H](OC(=O)c1ccco1)[C@H](C)[C@H](O)[C@H](C)/C=C/N(C)C=O)C(C)C. The second kappa shape index (κ2) is 17.0. The van der Waals surface area contributed by atoms with Crippen LogP contribution in [-0.4, -0.2) is 73.0 Å². The lowest BCUT2D eigenvalue weighted by atomic mass is 9.86. The van der Waals surface area contributed by atoms with E-state index in [1.807, 2.05) is 20.8 Å². The van der Waals surface area contributed by atoms with Crippen LogP contribution < -0.4 is 5.73 Å². The highest BCUT2D eigenvalue weighted by molar-refractivity contribution is 5.86. The molecule has 0 spiro atoms. The normalized spacial score (nSPS) is 17.3. The van der Waals surface area contributed by atoms with Crippen LogP contribution in [-0.2, 0) is 23.8 Å². The van der Waals surface area contributed by atoms with Crippen LogP contribution in [0.15, 0.2) is 35.1 Å². The summed E-state index contributed by atoms with van der Waals surface area (Å²) in [6, 6.07) is 2.67. The van der Waals surface area contributed by atoms with E-state index in [-0.39, 0.29) is 36.1 Å². The molecule has 1 heterocycles. The molecule has 38 heavy (non-hydrogen) atoms. The fraction of sp³-hybridized carbons (Fsp3) is 0.679. The Hall–Kier alpha value is -2.69. The van der Waals surface area contributed by atoms with Crippen LogP contribution >= 0.6 is 0 Å². The number of rotatable bonds is 18. The number of nitrogens with two attached hydrogens (primary N) is 1. The van der Waals surface area contributed by atoms with Crippen LogP contribution in [0.3, 0.4) is 0 Å². The molecule has 0 aromatic carbocycles. The summed E-state index contributed by atoms with van der Waals surface area (Å²) in [4.78, 5) is 36.8. The van der Waals surface area contributed by atoms with Gasteiger partial charge in [0.2, 0.25) is 12.2 Å². The summed E-state index contributed by atoms with van der Waals surface area (Å²) < 4.78 is 22.2. The minimum atomic E-state index is -0.867. The molecule has 1 aromatic rings. The summed E-state index contributed by atoms with van der Waals surface area (Å²) in [5, 5.41) is 11.0. The first kappa shape index (κ1) is 33.3. The molecule has 216 valence electrons. The lowest BCUT2D eigenvalue weighted by Crippen LogP contribution is -2.42. The molecule has 10 nitrogen and oxygen atoms in total. The maximum absolute atomic E-state index is 12.7. The smallest absolute Gasteiger partial charge is 0.374 e. The Labute approximate surface area is 226 Å². The molecule has 0 bridgehead atoms. The molecular weight excluding hydrogens is 492 g/mol. The highest BCUT2D eigenvalue weighted by Crippen LogP contribution is 2.26. The molecule has 0 aliphatic heterocycles. The van der Waals surface area contributed by atoms with Crippen LogP contribution in [0, 0.1) is 17.8 Å². The van der Waals surface area contributed by atoms with E-state index in [1.165, 1.54) is 17.2 Å². The molecule has 3 N–H and O–H groups in total. The van der Waals surface area contributed by atoms with E-state index in [1.54, 1.807) is 46.3 Å². The predicted octanol–water partition coefficient (Wildman–Crippen LogP) is 3.53. The zero-order valence-electron chi connectivity index (χ0n) is 23.7. The fourth-order valence-electron chi connectivity index (χ4n) is 4.06. The number of hydrogen-bond donors (Lipinski definition) is 2. The molecular formula is C28H46N2O8. The van der Waals surface area contributed by atoms with Crippen molar-refractivity contribution in [2.24, 2.45) is 23.5 Å². The van der Waals surface area contributed by atoms with Crippen molar-refractivity contribution in [3.8, 4) is 0 Å². The number of carbonyl (C=O) groups excluding carboxylic acids is 3. The van der Waals surface area contributed by atoms with Gasteiger partial charge in [-0.05, 0) is 30.9 Å². The summed E-state index contributed by atoms with van der Waals surface area (Å²) in [5.74, 6) is -1.54. The number of hydrogen-bond acceptors (Lipinski definition) is 9. The number of furan rings is 1. The molecule has 0 aliphatic rings. The Balaban J connectivity index is 2.99. The number of ether oxygens (including phenoxy) is 3. The highest BCUT2D eigenvalue weighted by Gasteiger charge is 2.33. The van der Waals surface area contributed by atoms with Crippen molar-refractivity contribution in [3.63, 3.8) is 0 Å². The highest BCUT2D eigenvalue weighted by atomic mass is 16.6. The summed E-state index contributed by atoms with van der Waals surface area (Å²) >= 11 is 0. The molecule has 0 fully saturated rings. The molecule has 7 atom stereocenters. The summed E-state index contributed by atoms with van der Waals surface area (Å²) in [6.07, 6.45) is 4.57. The second-order valence-corrected chi connectivity index (χ2v) is 10.1. The van der Waals surface area contributed by atoms with Gasteiger partial charge in [-0.3, -0.25) is 9.59 Å². The van der Waals surface area contributed by atoms with E-state index in [0.717, 1.165) is 0 Å². The van der Waals surface area contributed by atoms with Crippen molar-refractivity contribution in [1.29, 1.82) is 0 Å². The molecule has 0 aliphatic carbocycles. The van der Waals surface area contributed by atoms with Gasteiger partial charge in [0.1, 0.15) is 12.2 Å². The van der Waals surface area contributed by atoms with Gasteiger partial charge in [-0.1, -0.05) is 40.7 Å². The van der Waals surface area contributed by atoms with Crippen LogP contribution in [0.2, 0.25) is 0 Å². The van der Waals surface area contributed by atoms with Gasteiger partial charge in [-0.25, -0.2) is 4.79 Å². The number of aliphatic hydroxyl groups is 1. The zero-order valence-corrected chi connectivity index (χ0v) is 23.7. The van der Waals surface area contributed by atoms with Gasteiger partial charge < -0.3 is 34.4 Å². The molecule has 0 unspecified atom stereocenters. The Kier molecular flexibility index (Phi) is 14.9. The van der Waals surface area contributed by atoms with Crippen LogP contribution in [0.4, 0.5) is 0 Å². The third-order valence-corrected chi connectivity index (χ3v) is 6.78. The number of aliphatic hydroxyl groups excluding tert-OH is 1. The van der Waals surface area contributed by atoms with Crippen molar-refractivity contribution in [1.82, 2.24) is 4.90 Å². The number of nitrogens with zero attached hydrogens (tertiary/aromatic N) is 1. The van der Waals surface area contributed by atoms with Crippen LogP contribution in [0.5, 0.6) is 0 Å². The average Bonchev–Trinajstić information content (AvgIpc) is 3.45. The molecule has 0 radical (unpaired) electrons. The van der Waals surface area contributed by atoms with Crippen molar-refractivity contribution in [2.45, 2.75) is 90.8 Å². The Morgan fingerprint density at radius 2 is 1.82 bits per heavy atom. The number of methoxy groups -OCH3 is 1. The predicted molar refractivity (Wildman–Crippen MR) is 143 cm³/mol. The Bertz CT molecular complexity index is 857. The third-order valence-electron chi connectivity index (χ3n) is 6.78. The Morgan fingerprint density at radius 3 is 2.34 bits per heavy atom. The van der Waals surface area contributed by atoms with E-state index in [0.29, 0.717) is 25.7 Å². The van der Waals surface area contributed by atoms with Gasteiger partial charge in [0.15, 0.2) is 0 Å². The van der Waals surface area contributed by atoms with Gasteiger partial charge >= 0.3 is 11.9 Å². The summed E-state index contributed by atoms with van der Waals surface area (Å²) in [7, 11) is 3.16. The molecule has 1 aromatic heterocycles. The van der Waals surface area contributed by atoms with Gasteiger partial charge in [0.05, 0.1) is 18.5 Å². The molecule has 10 heteroatoms. The van der Waals surface area contributed by atoms with Gasteiger partial charge in [-0.15, -0.1) is 0 Å². The molecule has 0 saturated carbocycles. The van der Waals surface area contributed by atoms with E-state index < -0.39 is 36.2 Å². The fourth-order valence-corrected chi connectivity index (χ4v) is 4.06. The summed E-state index contributed by atoms with van der Waals surface area (Å²) in [5.41, 5.74) is 6.51. The topological polar surface area (TPSA) is 142 Å². The third kappa shape index (κ3) is 11.0. The van der Waals surface area contributed by atoms with E-state index in [2.05, 4.69) is 0 Å². The first-order valence-electron chi connectivity index (χ1n) is 13.2. The number of esters is 2. The minimum Gasteiger partial charge on any atom is -0.462 e. The quantitative estimate of drug-likeness (QED) is 0.212. The van der Waals surface area contributed by atoms with Crippen molar-refractivity contribution in [3.05, 3.63) is 36.4 Å². The van der Waals surface area contributed by atoms with Gasteiger partial charge in [-0.2, -0.15) is 0 Å². The first-order chi connectivity index (χ1) is 17.9. The maximum Gasteiger partial charge on any atom is 0.374 e. The molecule has 0 saturated heterocycles. The van der Waals surface area contributed by atoms with Crippen LogP contribution in [0.25, 0.3) is 0 Å². The van der Waals surface area contributed by atoms with Crippen molar-refractivity contribution in [2.75, 3.05) is 14.2 Å². The van der Waals surface area contributed by atoms with Crippen LogP contribution in [0.1, 0.15) is 70.9 Å². The van der Waals surface area contributed by atoms with E-state index in [4.69, 9.17) is 24.4 Å². The second-order valence-electron chi connectivity index (χ2n) is 10.1. The van der Waals surface area contributed by atoms with E-state index >= 15 is 0 Å². The van der Waals surface area contributed by atoms with Crippen molar-refractivity contribution >= 4 is 18.3 Å². The lowest BCUT2D eigenvalue weighted by Gasteiger charge is -2.32. The largest absolute Gasteiger partial charge is 0.462 e. The first-order valence-corrected chi connectivity index (χ1v) is 13.2. The monoisotopic (exact) mass is 538 g/mol. The minimum absolute atomic E-state index is 0.0637.